The number of halogens is 3. The fourth-order valence-electron chi connectivity index (χ4n) is 1.59. The van der Waals surface area contributed by atoms with Crippen molar-refractivity contribution in [2.75, 3.05) is 0 Å². The Morgan fingerprint density at radius 2 is 1.65 bits per heavy atom. The Labute approximate surface area is 96.9 Å². The minimum Gasteiger partial charge on any atom is -0.253 e. The fraction of sp³-hybridized carbons (Fsp3) is 0.154. The molecule has 0 aliphatic carbocycles. The third-order valence-electron chi connectivity index (χ3n) is 2.35. The molecule has 0 spiro atoms. The smallest absolute Gasteiger partial charge is 0.253 e. The number of benzene rings is 1. The lowest BCUT2D eigenvalue weighted by molar-refractivity contribution is -0.137. The highest BCUT2D eigenvalue weighted by Crippen LogP contribution is 2.31. The van der Waals surface area contributed by atoms with Crippen LogP contribution in [0.3, 0.4) is 0 Å². The van der Waals surface area contributed by atoms with Crippen molar-refractivity contribution in [1.29, 1.82) is 0 Å². The van der Waals surface area contributed by atoms with Crippen molar-refractivity contribution >= 4 is 0 Å². The van der Waals surface area contributed by atoms with Gasteiger partial charge < -0.3 is 0 Å². The maximum absolute atomic E-state index is 12.6. The highest BCUT2D eigenvalue weighted by molar-refractivity contribution is 5.60. The first kappa shape index (κ1) is 11.6. The van der Waals surface area contributed by atoms with E-state index in [4.69, 9.17) is 0 Å². The molecule has 1 aromatic carbocycles. The lowest BCUT2D eigenvalue weighted by Gasteiger charge is -2.09. The van der Waals surface area contributed by atoms with Gasteiger partial charge in [0.05, 0.1) is 11.3 Å². The third-order valence-corrected chi connectivity index (χ3v) is 2.35. The Morgan fingerprint density at radius 1 is 1.00 bits per heavy atom. The second-order valence-corrected chi connectivity index (χ2v) is 3.75. The topological polar surface area (TPSA) is 12.9 Å². The molecule has 2 aromatic rings. The molecule has 88 valence electrons. The second-order valence-electron chi connectivity index (χ2n) is 3.75. The van der Waals surface area contributed by atoms with Crippen LogP contribution in [-0.4, -0.2) is 4.98 Å². The molecular weight excluding hydrogens is 227 g/mol. The van der Waals surface area contributed by atoms with Gasteiger partial charge in [0.15, 0.2) is 0 Å². The average Bonchev–Trinajstić information content (AvgIpc) is 2.28. The molecule has 0 radical (unpaired) electrons. The lowest BCUT2D eigenvalue weighted by Crippen LogP contribution is -2.06. The van der Waals surface area contributed by atoms with Crippen LogP contribution < -0.4 is 0 Å². The van der Waals surface area contributed by atoms with Gasteiger partial charge in [-0.05, 0) is 19.1 Å². The zero-order valence-electron chi connectivity index (χ0n) is 9.12. The molecule has 1 aromatic heterocycles. The highest BCUT2D eigenvalue weighted by atomic mass is 19.4. The van der Waals surface area contributed by atoms with Crippen molar-refractivity contribution in [1.82, 2.24) is 4.98 Å². The molecule has 0 unspecified atom stereocenters. The van der Waals surface area contributed by atoms with E-state index in [0.29, 0.717) is 17.0 Å². The maximum Gasteiger partial charge on any atom is 0.416 e. The monoisotopic (exact) mass is 237 g/mol. The van der Waals surface area contributed by atoms with E-state index in [1.165, 1.54) is 0 Å². The Balaban J connectivity index is 2.54. The first-order valence-electron chi connectivity index (χ1n) is 5.08. The van der Waals surface area contributed by atoms with Gasteiger partial charge in [0.2, 0.25) is 0 Å². The molecule has 0 saturated heterocycles. The minimum absolute atomic E-state index is 0.345. The van der Waals surface area contributed by atoms with Crippen molar-refractivity contribution in [3.63, 3.8) is 0 Å². The molecule has 0 atom stereocenters. The Hall–Kier alpha value is -1.84. The van der Waals surface area contributed by atoms with Crippen LogP contribution in [0.2, 0.25) is 0 Å². The molecule has 0 saturated carbocycles. The Kier molecular flexibility index (Phi) is 2.88. The normalized spacial score (nSPS) is 11.5. The van der Waals surface area contributed by atoms with Gasteiger partial charge in [0.1, 0.15) is 0 Å². The fourth-order valence-corrected chi connectivity index (χ4v) is 1.59. The first-order valence-corrected chi connectivity index (χ1v) is 5.08. The standard InChI is InChI=1S/C13H10F3N/c1-9-7-11(13(14,15)16)8-12(17-9)10-5-3-2-4-6-10/h2-8H,1H3. The largest absolute Gasteiger partial charge is 0.416 e. The third kappa shape index (κ3) is 2.64. The molecular formula is C13H10F3N. The van der Waals surface area contributed by atoms with E-state index < -0.39 is 11.7 Å². The van der Waals surface area contributed by atoms with Gasteiger partial charge in [-0.3, -0.25) is 4.98 Å². The number of hydrogen-bond acceptors (Lipinski definition) is 1. The van der Waals surface area contributed by atoms with Crippen LogP contribution in [0, 0.1) is 6.92 Å². The van der Waals surface area contributed by atoms with Gasteiger partial charge in [-0.2, -0.15) is 13.2 Å². The average molecular weight is 237 g/mol. The van der Waals surface area contributed by atoms with Gasteiger partial charge in [0, 0.05) is 11.3 Å². The van der Waals surface area contributed by atoms with Gasteiger partial charge >= 0.3 is 6.18 Å². The summed E-state index contributed by atoms with van der Waals surface area (Å²) in [6.45, 7) is 1.56. The van der Waals surface area contributed by atoms with E-state index in [2.05, 4.69) is 4.98 Å². The van der Waals surface area contributed by atoms with Crippen LogP contribution in [0.1, 0.15) is 11.3 Å². The van der Waals surface area contributed by atoms with Crippen LogP contribution in [0.25, 0.3) is 11.3 Å². The SMILES string of the molecule is Cc1cc(C(F)(F)F)cc(-c2ccccc2)n1. The predicted octanol–water partition coefficient (Wildman–Crippen LogP) is 4.08. The van der Waals surface area contributed by atoms with Crippen LogP contribution in [-0.2, 0) is 6.18 Å². The van der Waals surface area contributed by atoms with Gasteiger partial charge in [0.25, 0.3) is 0 Å². The molecule has 1 heterocycles. The number of pyridine rings is 1. The van der Waals surface area contributed by atoms with Gasteiger partial charge in [-0.1, -0.05) is 30.3 Å². The number of nitrogens with zero attached hydrogens (tertiary/aromatic N) is 1. The summed E-state index contributed by atoms with van der Waals surface area (Å²) in [4.78, 5) is 4.12. The molecule has 0 N–H and O–H groups in total. The summed E-state index contributed by atoms with van der Waals surface area (Å²) < 4.78 is 37.9. The lowest BCUT2D eigenvalue weighted by atomic mass is 10.1. The van der Waals surface area contributed by atoms with Crippen molar-refractivity contribution < 1.29 is 13.2 Å². The van der Waals surface area contributed by atoms with E-state index in [1.54, 1.807) is 31.2 Å². The molecule has 0 bridgehead atoms. The molecule has 17 heavy (non-hydrogen) atoms. The van der Waals surface area contributed by atoms with Crippen molar-refractivity contribution in [2.45, 2.75) is 13.1 Å². The van der Waals surface area contributed by atoms with Gasteiger partial charge in [-0.25, -0.2) is 0 Å². The molecule has 1 nitrogen and oxygen atoms in total. The number of hydrogen-bond donors (Lipinski definition) is 0. The van der Waals surface area contributed by atoms with E-state index in [-0.39, 0.29) is 0 Å². The second kappa shape index (κ2) is 4.20. The molecule has 4 heteroatoms. The van der Waals surface area contributed by atoms with Crippen molar-refractivity contribution in [2.24, 2.45) is 0 Å². The predicted molar refractivity (Wildman–Crippen MR) is 59.4 cm³/mol. The van der Waals surface area contributed by atoms with Crippen LogP contribution in [0.15, 0.2) is 42.5 Å². The quantitative estimate of drug-likeness (QED) is 0.728. The van der Waals surface area contributed by atoms with Crippen LogP contribution in [0.5, 0.6) is 0 Å². The Bertz CT molecular complexity index is 518. The molecule has 0 aliphatic heterocycles. The number of aromatic nitrogens is 1. The Morgan fingerprint density at radius 3 is 2.24 bits per heavy atom. The maximum atomic E-state index is 12.6. The molecule has 2 rings (SSSR count). The number of alkyl halides is 3. The summed E-state index contributed by atoms with van der Waals surface area (Å²) in [6.07, 6.45) is -4.34. The number of rotatable bonds is 1. The zero-order chi connectivity index (χ0) is 12.5. The summed E-state index contributed by atoms with van der Waals surface area (Å²) in [5.74, 6) is 0. The summed E-state index contributed by atoms with van der Waals surface area (Å²) in [5, 5.41) is 0. The van der Waals surface area contributed by atoms with E-state index in [1.807, 2.05) is 6.07 Å². The van der Waals surface area contributed by atoms with Gasteiger partial charge in [-0.15, -0.1) is 0 Å². The number of aryl methyl sites for hydroxylation is 1. The van der Waals surface area contributed by atoms with Crippen LogP contribution in [0.4, 0.5) is 13.2 Å². The summed E-state index contributed by atoms with van der Waals surface area (Å²) in [6, 6.07) is 10.9. The summed E-state index contributed by atoms with van der Waals surface area (Å²) >= 11 is 0. The first-order chi connectivity index (χ1) is 7.97. The van der Waals surface area contributed by atoms with Crippen molar-refractivity contribution in [3.8, 4) is 11.3 Å². The molecule has 0 fully saturated rings. The minimum atomic E-state index is -4.34. The molecule has 0 aliphatic rings. The summed E-state index contributed by atoms with van der Waals surface area (Å²) in [5.41, 5.74) is 0.724. The van der Waals surface area contributed by atoms with E-state index in [9.17, 15) is 13.2 Å². The van der Waals surface area contributed by atoms with Crippen LogP contribution >= 0.6 is 0 Å². The van der Waals surface area contributed by atoms with Crippen molar-refractivity contribution in [3.05, 3.63) is 53.7 Å². The highest BCUT2D eigenvalue weighted by Gasteiger charge is 2.31. The van der Waals surface area contributed by atoms with E-state index >= 15 is 0 Å². The zero-order valence-corrected chi connectivity index (χ0v) is 9.12. The van der Waals surface area contributed by atoms with E-state index in [0.717, 1.165) is 12.1 Å². The summed E-state index contributed by atoms with van der Waals surface area (Å²) in [7, 11) is 0. The molecule has 0 amide bonds.